The van der Waals surface area contributed by atoms with Crippen molar-refractivity contribution in [1.29, 1.82) is 5.26 Å². The Morgan fingerprint density at radius 3 is 1.66 bits per heavy atom. The van der Waals surface area contributed by atoms with E-state index in [9.17, 15) is 5.26 Å². The number of aromatic nitrogens is 2. The number of benzene rings is 6. The van der Waals surface area contributed by atoms with Gasteiger partial charge in [0, 0.05) is 22.1 Å². The van der Waals surface area contributed by atoms with Crippen LogP contribution in [0, 0.1) is 11.3 Å². The summed E-state index contributed by atoms with van der Waals surface area (Å²) >= 11 is 0. The molecule has 0 aliphatic heterocycles. The van der Waals surface area contributed by atoms with Crippen LogP contribution in [0.2, 0.25) is 0 Å². The van der Waals surface area contributed by atoms with Gasteiger partial charge in [0.05, 0.1) is 23.0 Å². The lowest BCUT2D eigenvalue weighted by molar-refractivity contribution is 0.660. The molecule has 0 radical (unpaired) electrons. The van der Waals surface area contributed by atoms with E-state index in [0.717, 1.165) is 50.3 Å². The van der Waals surface area contributed by atoms with Crippen molar-refractivity contribution >= 4 is 0 Å². The molecule has 47 heavy (non-hydrogen) atoms. The van der Waals surface area contributed by atoms with Crippen molar-refractivity contribution in [2.45, 2.75) is 19.3 Å². The Labute approximate surface area is 275 Å². The van der Waals surface area contributed by atoms with E-state index < -0.39 is 0 Å². The molecule has 8 rings (SSSR count). The average molecular weight is 602 g/mol. The van der Waals surface area contributed by atoms with Crippen molar-refractivity contribution in [3.05, 3.63) is 168 Å². The first-order chi connectivity index (χ1) is 23.0. The van der Waals surface area contributed by atoms with E-state index >= 15 is 0 Å². The highest BCUT2D eigenvalue weighted by Crippen LogP contribution is 2.50. The van der Waals surface area contributed by atoms with E-state index in [4.69, 9.17) is 9.97 Å². The van der Waals surface area contributed by atoms with Crippen LogP contribution in [0.5, 0.6) is 0 Å². The maximum absolute atomic E-state index is 9.53. The monoisotopic (exact) mass is 601 g/mol. The molecule has 3 heteroatoms. The van der Waals surface area contributed by atoms with Crippen LogP contribution in [0.1, 0.15) is 30.5 Å². The van der Waals surface area contributed by atoms with Gasteiger partial charge >= 0.3 is 0 Å². The molecule has 1 aliphatic rings. The fraction of sp³-hybridized carbons (Fsp3) is 0.0682. The third kappa shape index (κ3) is 5.11. The molecule has 0 atom stereocenters. The Morgan fingerprint density at radius 1 is 0.447 bits per heavy atom. The average Bonchev–Trinajstić information content (AvgIpc) is 3.37. The molecular weight excluding hydrogens is 571 g/mol. The molecule has 0 saturated heterocycles. The molecule has 3 nitrogen and oxygen atoms in total. The molecule has 0 bridgehead atoms. The number of hydrogen-bond acceptors (Lipinski definition) is 3. The summed E-state index contributed by atoms with van der Waals surface area (Å²) in [7, 11) is 0. The van der Waals surface area contributed by atoms with Crippen molar-refractivity contribution in [1.82, 2.24) is 9.97 Å². The SMILES string of the molecule is CC1(C)c2cc(C#N)ccc2-c2ccc(-c3cccc(-c4cc(-c5ccccc5)nc(-c5cccc(-c6ccccc6)c5)n4)c3)cc21. The third-order valence-electron chi connectivity index (χ3n) is 9.32. The number of rotatable bonds is 5. The van der Waals surface area contributed by atoms with E-state index in [2.05, 4.69) is 135 Å². The summed E-state index contributed by atoms with van der Waals surface area (Å²) in [5.74, 6) is 0.693. The van der Waals surface area contributed by atoms with E-state index in [1.807, 2.05) is 36.4 Å². The molecule has 0 spiro atoms. The Balaban J connectivity index is 1.22. The quantitative estimate of drug-likeness (QED) is 0.197. The zero-order valence-corrected chi connectivity index (χ0v) is 26.3. The first kappa shape index (κ1) is 28.4. The van der Waals surface area contributed by atoms with Crippen LogP contribution in [0.4, 0.5) is 0 Å². The summed E-state index contributed by atoms with van der Waals surface area (Å²) < 4.78 is 0. The van der Waals surface area contributed by atoms with Gasteiger partial charge in [-0.3, -0.25) is 0 Å². The minimum Gasteiger partial charge on any atom is -0.228 e. The third-order valence-corrected chi connectivity index (χ3v) is 9.32. The van der Waals surface area contributed by atoms with Gasteiger partial charge in [-0.25, -0.2) is 9.97 Å². The van der Waals surface area contributed by atoms with Crippen molar-refractivity contribution < 1.29 is 0 Å². The summed E-state index contributed by atoms with van der Waals surface area (Å²) in [5, 5.41) is 9.53. The van der Waals surface area contributed by atoms with E-state index in [-0.39, 0.29) is 5.41 Å². The number of hydrogen-bond donors (Lipinski definition) is 0. The highest BCUT2D eigenvalue weighted by Gasteiger charge is 2.35. The Hall–Kier alpha value is -6.11. The smallest absolute Gasteiger partial charge is 0.160 e. The Kier molecular flexibility index (Phi) is 6.85. The van der Waals surface area contributed by atoms with Gasteiger partial charge in [0.25, 0.3) is 0 Å². The molecule has 7 aromatic rings. The van der Waals surface area contributed by atoms with Crippen molar-refractivity contribution in [3.63, 3.8) is 0 Å². The van der Waals surface area contributed by atoms with Gasteiger partial charge in [-0.1, -0.05) is 129 Å². The number of fused-ring (bicyclic) bond motifs is 3. The van der Waals surface area contributed by atoms with E-state index in [1.165, 1.54) is 22.3 Å². The molecule has 0 fully saturated rings. The van der Waals surface area contributed by atoms with Crippen LogP contribution >= 0.6 is 0 Å². The Bertz CT molecular complexity index is 2330. The molecular formula is C44H31N3. The number of nitrogens with zero attached hydrogens (tertiary/aromatic N) is 3. The first-order valence-electron chi connectivity index (χ1n) is 15.9. The molecule has 0 amide bonds. The first-order valence-corrected chi connectivity index (χ1v) is 15.9. The fourth-order valence-electron chi connectivity index (χ4n) is 6.79. The number of nitriles is 1. The minimum absolute atomic E-state index is 0.203. The van der Waals surface area contributed by atoms with Crippen LogP contribution in [0.25, 0.3) is 67.3 Å². The second-order valence-electron chi connectivity index (χ2n) is 12.6. The molecule has 1 aliphatic carbocycles. The van der Waals surface area contributed by atoms with Gasteiger partial charge in [-0.2, -0.15) is 5.26 Å². The van der Waals surface area contributed by atoms with Crippen LogP contribution in [0.3, 0.4) is 0 Å². The van der Waals surface area contributed by atoms with Gasteiger partial charge in [-0.15, -0.1) is 0 Å². The largest absolute Gasteiger partial charge is 0.228 e. The van der Waals surface area contributed by atoms with Gasteiger partial charge in [0.2, 0.25) is 0 Å². The molecule has 222 valence electrons. The predicted octanol–water partition coefficient (Wildman–Crippen LogP) is 11.0. The molecule has 0 unspecified atom stereocenters. The van der Waals surface area contributed by atoms with Crippen molar-refractivity contribution in [3.8, 4) is 73.4 Å². The van der Waals surface area contributed by atoms with E-state index in [0.29, 0.717) is 11.4 Å². The van der Waals surface area contributed by atoms with Crippen LogP contribution in [0.15, 0.2) is 152 Å². The molecule has 1 heterocycles. The topological polar surface area (TPSA) is 49.6 Å². The maximum Gasteiger partial charge on any atom is 0.160 e. The lowest BCUT2D eigenvalue weighted by atomic mass is 9.81. The molecule has 0 N–H and O–H groups in total. The molecule has 1 aromatic heterocycles. The Morgan fingerprint density at radius 2 is 0.957 bits per heavy atom. The highest BCUT2D eigenvalue weighted by atomic mass is 14.9. The summed E-state index contributed by atoms with van der Waals surface area (Å²) in [5.41, 5.74) is 14.8. The lowest BCUT2D eigenvalue weighted by Crippen LogP contribution is -2.15. The maximum atomic E-state index is 9.53. The van der Waals surface area contributed by atoms with Gasteiger partial charge in [-0.05, 0) is 80.9 Å². The van der Waals surface area contributed by atoms with Crippen LogP contribution < -0.4 is 0 Å². The van der Waals surface area contributed by atoms with Crippen molar-refractivity contribution in [2.24, 2.45) is 0 Å². The second-order valence-corrected chi connectivity index (χ2v) is 12.6. The van der Waals surface area contributed by atoms with Gasteiger partial charge in [0.1, 0.15) is 0 Å². The van der Waals surface area contributed by atoms with Crippen LogP contribution in [-0.4, -0.2) is 9.97 Å². The van der Waals surface area contributed by atoms with E-state index in [1.54, 1.807) is 0 Å². The normalized spacial score (nSPS) is 12.6. The standard InChI is InChI=1S/C44H31N3/c1-44(2)39-23-29(28-45)19-21-37(39)38-22-20-34(26-40(38)44)33-16-9-17-35(24-33)42-27-41(31-13-7-4-8-14-31)46-43(47-42)36-18-10-15-32(25-36)30-11-5-3-6-12-30/h3-27H,1-2H3. The summed E-state index contributed by atoms with van der Waals surface area (Å²) in [6.45, 7) is 4.50. The minimum atomic E-state index is -0.203. The molecule has 6 aromatic carbocycles. The highest BCUT2D eigenvalue weighted by molar-refractivity contribution is 5.85. The summed E-state index contributed by atoms with van der Waals surface area (Å²) in [6.07, 6.45) is 0. The zero-order chi connectivity index (χ0) is 32.0. The fourth-order valence-corrected chi connectivity index (χ4v) is 6.79. The van der Waals surface area contributed by atoms with Crippen molar-refractivity contribution in [2.75, 3.05) is 0 Å². The zero-order valence-electron chi connectivity index (χ0n) is 26.3. The van der Waals surface area contributed by atoms with Gasteiger partial charge < -0.3 is 0 Å². The molecule has 0 saturated carbocycles. The summed E-state index contributed by atoms with van der Waals surface area (Å²) in [4.78, 5) is 10.2. The van der Waals surface area contributed by atoms with Gasteiger partial charge in [0.15, 0.2) is 5.82 Å². The summed E-state index contributed by atoms with van der Waals surface area (Å²) in [6, 6.07) is 55.0. The second kappa shape index (κ2) is 11.4. The predicted molar refractivity (Wildman–Crippen MR) is 191 cm³/mol. The van der Waals surface area contributed by atoms with Crippen LogP contribution in [-0.2, 0) is 5.41 Å². The lowest BCUT2D eigenvalue weighted by Gasteiger charge is -2.22.